The van der Waals surface area contributed by atoms with Crippen LogP contribution in [0.15, 0.2) is 121 Å². The molecule has 4 aromatic rings. The molecule has 244 valence electrons. The SMILES string of the molecule is C[Si](C)(C)CCO[C@@H]1O[C@H](COCc2ccccc2)[C@H](OCc2ccccc2)[C@H](OCc2ccccc2)[C@H]1OCc1ccccc1. The summed E-state index contributed by atoms with van der Waals surface area (Å²) in [6, 6.07) is 41.8. The molecule has 4 aromatic carbocycles. The van der Waals surface area contributed by atoms with Gasteiger partial charge in [0.25, 0.3) is 0 Å². The lowest BCUT2D eigenvalue weighted by Gasteiger charge is -2.46. The van der Waals surface area contributed by atoms with E-state index in [4.69, 9.17) is 28.4 Å². The Kier molecular flexibility index (Phi) is 13.1. The van der Waals surface area contributed by atoms with Crippen LogP contribution in [0.1, 0.15) is 22.3 Å². The highest BCUT2D eigenvalue weighted by Gasteiger charge is 2.49. The molecule has 0 spiro atoms. The van der Waals surface area contributed by atoms with Gasteiger partial charge in [-0.25, -0.2) is 0 Å². The Morgan fingerprint density at radius 3 is 1.37 bits per heavy atom. The molecule has 0 aliphatic carbocycles. The number of rotatable bonds is 17. The molecule has 1 heterocycles. The van der Waals surface area contributed by atoms with Crippen molar-refractivity contribution >= 4 is 8.07 Å². The van der Waals surface area contributed by atoms with Crippen molar-refractivity contribution in [1.29, 1.82) is 0 Å². The smallest absolute Gasteiger partial charge is 0.186 e. The van der Waals surface area contributed by atoms with Gasteiger partial charge in [0.05, 0.1) is 33.0 Å². The minimum Gasteiger partial charge on any atom is -0.374 e. The first-order valence-electron chi connectivity index (χ1n) is 16.3. The van der Waals surface area contributed by atoms with Gasteiger partial charge in [0, 0.05) is 14.7 Å². The van der Waals surface area contributed by atoms with Crippen LogP contribution in [0.2, 0.25) is 25.7 Å². The van der Waals surface area contributed by atoms with Crippen LogP contribution in [0.4, 0.5) is 0 Å². The van der Waals surface area contributed by atoms with Gasteiger partial charge in [0.2, 0.25) is 0 Å². The lowest BCUT2D eigenvalue weighted by molar-refractivity contribution is -0.327. The van der Waals surface area contributed by atoms with Crippen LogP contribution < -0.4 is 0 Å². The van der Waals surface area contributed by atoms with E-state index < -0.39 is 38.8 Å². The van der Waals surface area contributed by atoms with Crippen molar-refractivity contribution in [3.05, 3.63) is 144 Å². The lowest BCUT2D eigenvalue weighted by atomic mass is 9.97. The van der Waals surface area contributed by atoms with Crippen LogP contribution in [-0.2, 0) is 54.8 Å². The predicted octanol–water partition coefficient (Wildman–Crippen LogP) is 8.04. The molecule has 0 N–H and O–H groups in total. The first-order chi connectivity index (χ1) is 22.4. The highest BCUT2D eigenvalue weighted by molar-refractivity contribution is 6.76. The summed E-state index contributed by atoms with van der Waals surface area (Å²) >= 11 is 0. The number of ether oxygens (including phenoxy) is 6. The fourth-order valence-electron chi connectivity index (χ4n) is 5.36. The zero-order valence-electron chi connectivity index (χ0n) is 27.3. The molecule has 0 radical (unpaired) electrons. The van der Waals surface area contributed by atoms with E-state index in [1.54, 1.807) is 0 Å². The third kappa shape index (κ3) is 11.0. The average Bonchev–Trinajstić information content (AvgIpc) is 3.07. The molecular formula is C39H48O6Si. The number of hydrogen-bond donors (Lipinski definition) is 0. The Labute approximate surface area is 275 Å². The molecule has 0 bridgehead atoms. The van der Waals surface area contributed by atoms with E-state index in [0.29, 0.717) is 39.6 Å². The van der Waals surface area contributed by atoms with Crippen LogP contribution in [0, 0.1) is 0 Å². The van der Waals surface area contributed by atoms with Crippen molar-refractivity contribution < 1.29 is 28.4 Å². The summed E-state index contributed by atoms with van der Waals surface area (Å²) < 4.78 is 39.8. The van der Waals surface area contributed by atoms with Gasteiger partial charge in [-0.15, -0.1) is 0 Å². The molecule has 0 amide bonds. The monoisotopic (exact) mass is 640 g/mol. The minimum absolute atomic E-state index is 0.318. The van der Waals surface area contributed by atoms with Gasteiger partial charge in [-0.1, -0.05) is 141 Å². The van der Waals surface area contributed by atoms with E-state index in [9.17, 15) is 0 Å². The summed E-state index contributed by atoms with van der Waals surface area (Å²) in [4.78, 5) is 0. The van der Waals surface area contributed by atoms with Crippen LogP contribution in [0.5, 0.6) is 0 Å². The summed E-state index contributed by atoms with van der Waals surface area (Å²) in [6.07, 6.45) is -2.58. The predicted molar refractivity (Wildman–Crippen MR) is 184 cm³/mol. The van der Waals surface area contributed by atoms with Crippen molar-refractivity contribution in [2.45, 2.75) is 82.8 Å². The Morgan fingerprint density at radius 1 is 0.500 bits per heavy atom. The molecule has 0 aromatic heterocycles. The van der Waals surface area contributed by atoms with E-state index in [1.165, 1.54) is 0 Å². The first-order valence-corrected chi connectivity index (χ1v) is 20.0. The Bertz CT molecular complexity index is 1380. The normalized spacial score (nSPS) is 21.7. The topological polar surface area (TPSA) is 55.4 Å². The van der Waals surface area contributed by atoms with Crippen molar-refractivity contribution in [1.82, 2.24) is 0 Å². The zero-order chi connectivity index (χ0) is 32.0. The van der Waals surface area contributed by atoms with Crippen LogP contribution in [0.25, 0.3) is 0 Å². The summed E-state index contributed by atoms with van der Waals surface area (Å²) in [5.41, 5.74) is 4.32. The second kappa shape index (κ2) is 17.7. The van der Waals surface area contributed by atoms with Crippen molar-refractivity contribution in [3.63, 3.8) is 0 Å². The molecule has 1 saturated heterocycles. The molecular weight excluding hydrogens is 593 g/mol. The van der Waals surface area contributed by atoms with E-state index in [2.05, 4.69) is 68.2 Å². The minimum atomic E-state index is -1.35. The maximum atomic E-state index is 6.79. The molecule has 1 aliphatic rings. The van der Waals surface area contributed by atoms with Gasteiger partial charge < -0.3 is 28.4 Å². The van der Waals surface area contributed by atoms with E-state index in [0.717, 1.165) is 28.3 Å². The standard InChI is InChI=1S/C39H48O6Si/c1-46(2,3)25-24-41-39-38(44-29-34-22-14-7-15-23-34)37(43-28-33-20-12-6-13-21-33)36(42-27-32-18-10-5-11-19-32)35(45-39)30-40-26-31-16-8-4-9-17-31/h4-23,35-39H,24-30H2,1-3H3/t35-,36+,37+,38-,39-/m1/s1. The molecule has 7 heteroatoms. The third-order valence-corrected chi connectivity index (χ3v) is 9.68. The lowest BCUT2D eigenvalue weighted by Crippen LogP contribution is -2.61. The van der Waals surface area contributed by atoms with Gasteiger partial charge in [-0.05, 0) is 28.3 Å². The summed E-state index contributed by atoms with van der Waals surface area (Å²) in [5, 5.41) is 0. The zero-order valence-corrected chi connectivity index (χ0v) is 28.3. The fourth-order valence-corrected chi connectivity index (χ4v) is 6.09. The molecule has 46 heavy (non-hydrogen) atoms. The Balaban J connectivity index is 1.43. The molecule has 6 nitrogen and oxygen atoms in total. The van der Waals surface area contributed by atoms with Gasteiger partial charge in [0.1, 0.15) is 24.4 Å². The Hall–Kier alpha value is -3.14. The van der Waals surface area contributed by atoms with Gasteiger partial charge in [-0.2, -0.15) is 0 Å². The molecule has 5 atom stereocenters. The quantitative estimate of drug-likeness (QED) is 0.109. The third-order valence-electron chi connectivity index (χ3n) is 7.97. The maximum absolute atomic E-state index is 6.79. The van der Waals surface area contributed by atoms with E-state index in [-0.39, 0.29) is 0 Å². The largest absolute Gasteiger partial charge is 0.374 e. The second-order valence-corrected chi connectivity index (χ2v) is 18.6. The van der Waals surface area contributed by atoms with Crippen molar-refractivity contribution in [3.8, 4) is 0 Å². The molecule has 1 fully saturated rings. The summed E-state index contributed by atoms with van der Waals surface area (Å²) in [7, 11) is -1.35. The molecule has 5 rings (SSSR count). The molecule has 1 aliphatic heterocycles. The van der Waals surface area contributed by atoms with Gasteiger partial charge in [0.15, 0.2) is 6.29 Å². The van der Waals surface area contributed by atoms with Gasteiger partial charge in [-0.3, -0.25) is 0 Å². The summed E-state index contributed by atoms with van der Waals surface area (Å²) in [6.45, 7) is 9.62. The summed E-state index contributed by atoms with van der Waals surface area (Å²) in [5.74, 6) is 0. The van der Waals surface area contributed by atoms with Gasteiger partial charge >= 0.3 is 0 Å². The highest BCUT2D eigenvalue weighted by Crippen LogP contribution is 2.32. The number of hydrogen-bond acceptors (Lipinski definition) is 6. The van der Waals surface area contributed by atoms with Crippen molar-refractivity contribution in [2.24, 2.45) is 0 Å². The number of benzene rings is 4. The van der Waals surface area contributed by atoms with E-state index >= 15 is 0 Å². The second-order valence-electron chi connectivity index (χ2n) is 13.0. The highest BCUT2D eigenvalue weighted by atomic mass is 28.3. The van der Waals surface area contributed by atoms with Crippen molar-refractivity contribution in [2.75, 3.05) is 13.2 Å². The van der Waals surface area contributed by atoms with Crippen LogP contribution >= 0.6 is 0 Å². The van der Waals surface area contributed by atoms with E-state index in [1.807, 2.05) is 72.8 Å². The van der Waals surface area contributed by atoms with Crippen LogP contribution in [-0.4, -0.2) is 52.0 Å². The maximum Gasteiger partial charge on any atom is 0.186 e. The fraction of sp³-hybridized carbons (Fsp3) is 0.385. The Morgan fingerprint density at radius 2 is 0.913 bits per heavy atom. The molecule has 0 unspecified atom stereocenters. The molecule has 0 saturated carbocycles. The van der Waals surface area contributed by atoms with Crippen LogP contribution in [0.3, 0.4) is 0 Å². The first kappa shape index (κ1) is 34.2. The average molecular weight is 641 g/mol.